The van der Waals surface area contributed by atoms with Crippen LogP contribution in [0.1, 0.15) is 63.7 Å². The number of ether oxygens (including phenoxy) is 4. The molecular formula is C28H33Cl2F2N2O6+. The number of alkyl halides is 2. The highest BCUT2D eigenvalue weighted by Crippen LogP contribution is 2.38. The van der Waals surface area contributed by atoms with E-state index < -0.39 is 36.4 Å². The van der Waals surface area contributed by atoms with Crippen LogP contribution in [0.3, 0.4) is 0 Å². The summed E-state index contributed by atoms with van der Waals surface area (Å²) in [5, 5.41) is 0.653. The van der Waals surface area contributed by atoms with E-state index in [-0.39, 0.29) is 17.9 Å². The molecule has 1 N–H and O–H groups in total. The van der Waals surface area contributed by atoms with Crippen molar-refractivity contribution in [3.8, 4) is 11.5 Å². The van der Waals surface area contributed by atoms with E-state index in [9.17, 15) is 18.4 Å². The predicted molar refractivity (Wildman–Crippen MR) is 143 cm³/mol. The van der Waals surface area contributed by atoms with Gasteiger partial charge in [-0.1, -0.05) is 29.3 Å². The van der Waals surface area contributed by atoms with Crippen molar-refractivity contribution in [2.75, 3.05) is 13.2 Å². The number of amides is 1. The second kappa shape index (κ2) is 12.8. The molecule has 2 heterocycles. The maximum atomic E-state index is 13.5. The molecule has 1 saturated heterocycles. The van der Waals surface area contributed by atoms with Crippen molar-refractivity contribution in [2.45, 2.75) is 77.2 Å². The number of nitrogens with zero attached hydrogens (tertiary/aromatic N) is 1. The number of aromatic amines is 1. The first-order valence-electron chi connectivity index (χ1n) is 13.2. The molecule has 1 aromatic heterocycles. The fraction of sp³-hybridized carbons (Fsp3) is 0.536. The summed E-state index contributed by atoms with van der Waals surface area (Å²) in [6.45, 7) is 2.91. The molecule has 1 aromatic carbocycles. The Bertz CT molecular complexity index is 1200. The van der Waals surface area contributed by atoms with E-state index in [0.29, 0.717) is 53.1 Å². The third-order valence-corrected chi connectivity index (χ3v) is 7.20. The highest BCUT2D eigenvalue weighted by atomic mass is 35.5. The lowest BCUT2D eigenvalue weighted by molar-refractivity contribution is -0.377. The minimum absolute atomic E-state index is 0.0777. The molecule has 2 aromatic rings. The van der Waals surface area contributed by atoms with Gasteiger partial charge < -0.3 is 18.9 Å². The maximum absolute atomic E-state index is 13.5. The third-order valence-electron chi connectivity index (χ3n) is 6.52. The molecule has 2 fully saturated rings. The lowest BCUT2D eigenvalue weighted by atomic mass is 10.0. The molecule has 1 saturated carbocycles. The van der Waals surface area contributed by atoms with Crippen molar-refractivity contribution >= 4 is 35.3 Å². The highest BCUT2D eigenvalue weighted by Gasteiger charge is 2.39. The Morgan fingerprint density at radius 3 is 2.42 bits per heavy atom. The first-order valence-corrected chi connectivity index (χ1v) is 13.9. The third kappa shape index (κ3) is 8.10. The minimum Gasteiger partial charge on any atom is -0.489 e. The zero-order chi connectivity index (χ0) is 29.0. The van der Waals surface area contributed by atoms with Crippen LogP contribution in [0.5, 0.6) is 11.5 Å². The van der Waals surface area contributed by atoms with Gasteiger partial charge in [-0.15, -0.1) is 0 Å². The van der Waals surface area contributed by atoms with Gasteiger partial charge in [0, 0.05) is 18.5 Å². The van der Waals surface area contributed by atoms with Crippen LogP contribution in [0.15, 0.2) is 30.6 Å². The molecule has 0 radical (unpaired) electrons. The van der Waals surface area contributed by atoms with Crippen molar-refractivity contribution in [3.63, 3.8) is 0 Å². The van der Waals surface area contributed by atoms with Crippen molar-refractivity contribution in [3.05, 3.63) is 51.8 Å². The van der Waals surface area contributed by atoms with Crippen molar-refractivity contribution in [1.29, 1.82) is 0 Å². The van der Waals surface area contributed by atoms with Crippen molar-refractivity contribution in [1.82, 2.24) is 4.90 Å². The Hall–Kier alpha value is -2.85. The Kier molecular flexibility index (Phi) is 9.61. The van der Waals surface area contributed by atoms with E-state index in [1.807, 2.05) is 0 Å². The second-order valence-electron chi connectivity index (χ2n) is 10.9. The van der Waals surface area contributed by atoms with Gasteiger partial charge in [-0.3, -0.25) is 4.90 Å². The zero-order valence-electron chi connectivity index (χ0n) is 22.6. The van der Waals surface area contributed by atoms with Crippen LogP contribution < -0.4 is 14.5 Å². The number of nitrogens with one attached hydrogen (secondary N) is 1. The summed E-state index contributed by atoms with van der Waals surface area (Å²) in [5.74, 6) is -0.283. The van der Waals surface area contributed by atoms with Gasteiger partial charge in [-0.05, 0) is 70.1 Å². The van der Waals surface area contributed by atoms with Crippen LogP contribution in [0, 0.1) is 5.92 Å². The number of aromatic nitrogens is 1. The maximum Gasteiger partial charge on any atom is 0.411 e. The molecule has 4 rings (SSSR count). The lowest BCUT2D eigenvalue weighted by Gasteiger charge is -2.29. The number of H-pyrrole nitrogens is 1. The zero-order valence-corrected chi connectivity index (χ0v) is 24.1. The number of hydrogen-bond acceptors (Lipinski definition) is 6. The fourth-order valence-electron chi connectivity index (χ4n) is 4.38. The number of halogens is 4. The molecule has 1 aliphatic carbocycles. The van der Waals surface area contributed by atoms with E-state index in [0.717, 1.165) is 12.8 Å². The average molecular weight is 602 g/mol. The van der Waals surface area contributed by atoms with Crippen LogP contribution in [0.25, 0.3) is 0 Å². The van der Waals surface area contributed by atoms with Gasteiger partial charge in [0.1, 0.15) is 27.8 Å². The molecule has 0 bridgehead atoms. The van der Waals surface area contributed by atoms with Gasteiger partial charge in [0.25, 0.3) is 0 Å². The molecular weight excluding hydrogens is 569 g/mol. The number of carbonyl (C=O) groups is 2. The topological polar surface area (TPSA) is 88.4 Å². The number of hydrogen-bond donors (Lipinski definition) is 0. The molecule has 0 unspecified atom stereocenters. The molecule has 12 heteroatoms. The summed E-state index contributed by atoms with van der Waals surface area (Å²) in [4.78, 5) is 30.5. The van der Waals surface area contributed by atoms with Gasteiger partial charge in [-0.2, -0.15) is 8.78 Å². The standard InChI is InChI=1S/C28H32Cl2F2N2O6/c1-28(2,3)40-27(36)34-10-4-5-21(34)25(35)38-23(12-18-19(29)13-33-14-20(18)30)17-8-9-22(39-26(31)32)24(11-17)37-15-16-6-7-16/h8-9,11,13-14,16,21,23,26H,4-7,10,12,15H2,1-3H3/p+1/t21-,23-/m0/s1. The Morgan fingerprint density at radius 1 is 1.10 bits per heavy atom. The van der Waals surface area contributed by atoms with Crippen molar-refractivity contribution < 1.29 is 42.3 Å². The largest absolute Gasteiger partial charge is 0.489 e. The van der Waals surface area contributed by atoms with E-state index in [2.05, 4.69) is 9.72 Å². The van der Waals surface area contributed by atoms with Crippen LogP contribution in [0.4, 0.5) is 13.6 Å². The summed E-state index contributed by atoms with van der Waals surface area (Å²) < 4.78 is 48.1. The smallest absolute Gasteiger partial charge is 0.411 e. The Balaban J connectivity index is 1.63. The lowest BCUT2D eigenvalue weighted by Crippen LogP contribution is -2.44. The highest BCUT2D eigenvalue weighted by molar-refractivity contribution is 6.35. The average Bonchev–Trinajstić information content (AvgIpc) is 3.56. The molecule has 0 spiro atoms. The molecule has 218 valence electrons. The van der Waals surface area contributed by atoms with Crippen LogP contribution >= 0.6 is 23.2 Å². The van der Waals surface area contributed by atoms with Crippen molar-refractivity contribution in [2.24, 2.45) is 5.92 Å². The SMILES string of the molecule is CC(C)(C)OC(=O)N1CCC[C@H]1C(=O)O[C@@H](Cc1c(Cl)c[nH+]cc1Cl)c1ccc(OC(F)F)c(OCC2CC2)c1. The number of esters is 1. The first kappa shape index (κ1) is 30.1. The van der Waals surface area contributed by atoms with Gasteiger partial charge in [-0.25, -0.2) is 14.6 Å². The first-order chi connectivity index (χ1) is 18.9. The molecule has 1 amide bonds. The summed E-state index contributed by atoms with van der Waals surface area (Å²) in [5.41, 5.74) is 0.249. The Labute approximate surface area is 241 Å². The fourth-order valence-corrected chi connectivity index (χ4v) is 4.91. The number of benzene rings is 1. The molecule has 1 aliphatic heterocycles. The van der Waals surface area contributed by atoms with Gasteiger partial charge in [0.2, 0.25) is 0 Å². The van der Waals surface area contributed by atoms with Gasteiger partial charge >= 0.3 is 18.7 Å². The normalized spacial score (nSPS) is 18.0. The number of pyridine rings is 1. The summed E-state index contributed by atoms with van der Waals surface area (Å²) in [7, 11) is 0. The molecule has 8 nitrogen and oxygen atoms in total. The van der Waals surface area contributed by atoms with Crippen LogP contribution in [-0.4, -0.2) is 48.4 Å². The van der Waals surface area contributed by atoms with Crippen LogP contribution in [0.2, 0.25) is 10.0 Å². The monoisotopic (exact) mass is 601 g/mol. The summed E-state index contributed by atoms with van der Waals surface area (Å²) >= 11 is 12.8. The number of likely N-dealkylation sites (tertiary alicyclic amines) is 1. The van der Waals surface area contributed by atoms with E-state index in [1.165, 1.54) is 23.1 Å². The predicted octanol–water partition coefficient (Wildman–Crippen LogP) is 6.42. The van der Waals surface area contributed by atoms with Gasteiger partial charge in [0.15, 0.2) is 23.9 Å². The quantitative estimate of drug-likeness (QED) is 0.292. The van der Waals surface area contributed by atoms with E-state index >= 15 is 0 Å². The summed E-state index contributed by atoms with van der Waals surface area (Å²) in [6, 6.07) is 3.56. The Morgan fingerprint density at radius 2 is 1.80 bits per heavy atom. The molecule has 40 heavy (non-hydrogen) atoms. The number of rotatable bonds is 10. The van der Waals surface area contributed by atoms with Crippen LogP contribution in [-0.2, 0) is 20.7 Å². The molecule has 2 aliphatic rings. The van der Waals surface area contributed by atoms with E-state index in [4.69, 9.17) is 37.4 Å². The summed E-state index contributed by atoms with van der Waals surface area (Å²) in [6.07, 6.45) is 4.66. The minimum atomic E-state index is -3.04. The number of carbonyl (C=O) groups excluding carboxylic acids is 2. The van der Waals surface area contributed by atoms with E-state index in [1.54, 1.807) is 33.2 Å². The van der Waals surface area contributed by atoms with Gasteiger partial charge in [0.05, 0.1) is 6.61 Å². The second-order valence-corrected chi connectivity index (χ2v) is 11.7. The molecule has 2 atom stereocenters.